The van der Waals surface area contributed by atoms with Crippen molar-refractivity contribution in [2.24, 2.45) is 0 Å². The molecule has 14 heteroatoms. The van der Waals surface area contributed by atoms with Gasteiger partial charge in [-0.25, -0.2) is 0 Å². The van der Waals surface area contributed by atoms with Crippen LogP contribution in [0.15, 0.2) is 33.5 Å². The highest BCUT2D eigenvalue weighted by Gasteiger charge is 2.33. The van der Waals surface area contributed by atoms with Crippen molar-refractivity contribution in [2.75, 3.05) is 0 Å². The Labute approximate surface area is 145 Å². The van der Waals surface area contributed by atoms with E-state index in [1.54, 1.807) is 0 Å². The molecule has 27 heavy (non-hydrogen) atoms. The normalized spacial score (nSPS) is 10.8. The van der Waals surface area contributed by atoms with E-state index in [0.29, 0.717) is 12.1 Å². The molecule has 0 spiro atoms. The van der Waals surface area contributed by atoms with Crippen LogP contribution in [0, 0.1) is 40.5 Å². The predicted molar refractivity (Wildman–Crippen MR) is 85.7 cm³/mol. The minimum atomic E-state index is -1.24. The van der Waals surface area contributed by atoms with Gasteiger partial charge in [-0.15, -0.1) is 0 Å². The fraction of sp³-hybridized carbons (Fsp3) is 0. The molecular formula is C13H4N4O10. The maximum absolute atomic E-state index is 12.2. The third-order valence-electron chi connectivity index (χ3n) is 3.62. The van der Waals surface area contributed by atoms with E-state index in [1.807, 2.05) is 0 Å². The summed E-state index contributed by atoms with van der Waals surface area (Å²) in [7, 11) is 0. The first-order chi connectivity index (χ1) is 12.6. The maximum atomic E-state index is 12.2. The highest BCUT2D eigenvalue weighted by molar-refractivity contribution is 5.93. The molecule has 1 aromatic carbocycles. The highest BCUT2D eigenvalue weighted by atomic mass is 16.6. The van der Waals surface area contributed by atoms with Crippen molar-refractivity contribution >= 4 is 33.7 Å². The average molecular weight is 376 g/mol. The van der Waals surface area contributed by atoms with Crippen molar-refractivity contribution in [2.45, 2.75) is 0 Å². The Morgan fingerprint density at radius 1 is 0.704 bits per heavy atom. The first kappa shape index (κ1) is 17.3. The summed E-state index contributed by atoms with van der Waals surface area (Å²) < 4.78 is 5.15. The Balaban J connectivity index is 2.58. The molecule has 1 aliphatic heterocycles. The van der Waals surface area contributed by atoms with Gasteiger partial charge in [0.2, 0.25) is 11.3 Å². The van der Waals surface area contributed by atoms with Gasteiger partial charge >= 0.3 is 17.1 Å². The van der Waals surface area contributed by atoms with Crippen molar-refractivity contribution in [3.63, 3.8) is 0 Å². The summed E-state index contributed by atoms with van der Waals surface area (Å²) in [5.41, 5.74) is -6.03. The largest absolute Gasteiger partial charge is 0.441 e. The molecule has 1 heterocycles. The SMILES string of the molecule is O=c1c2cc3cc([N+](=O)[O-])cc([N+](=O)[O-])c3oc-2c([N+](=O)[O-])cc1[N+](=O)[O-]. The van der Waals surface area contributed by atoms with Gasteiger partial charge in [0, 0.05) is 11.5 Å². The van der Waals surface area contributed by atoms with Gasteiger partial charge in [0.05, 0.1) is 31.3 Å². The molecule has 14 nitrogen and oxygen atoms in total. The molecule has 2 aliphatic rings. The summed E-state index contributed by atoms with van der Waals surface area (Å²) in [5.74, 6) is -0.722. The Bertz CT molecular complexity index is 1210. The quantitative estimate of drug-likeness (QED) is 0.369. The number of rotatable bonds is 4. The van der Waals surface area contributed by atoms with Crippen LogP contribution in [0.3, 0.4) is 0 Å². The van der Waals surface area contributed by atoms with Gasteiger partial charge in [0.25, 0.3) is 11.1 Å². The highest BCUT2D eigenvalue weighted by Crippen LogP contribution is 2.39. The van der Waals surface area contributed by atoms with Gasteiger partial charge in [-0.1, -0.05) is 0 Å². The van der Waals surface area contributed by atoms with Crippen LogP contribution in [0.5, 0.6) is 0 Å². The molecular weight excluding hydrogens is 372 g/mol. The summed E-state index contributed by atoms with van der Waals surface area (Å²) in [4.78, 5) is 52.4. The van der Waals surface area contributed by atoms with E-state index in [1.165, 1.54) is 0 Å². The molecule has 0 unspecified atom stereocenters. The fourth-order valence-corrected chi connectivity index (χ4v) is 2.49. The summed E-state index contributed by atoms with van der Waals surface area (Å²) in [5, 5.41) is 44.0. The topological polar surface area (TPSA) is 203 Å². The number of nitrogens with zero attached hydrogens (tertiary/aromatic N) is 4. The molecule has 0 saturated heterocycles. The van der Waals surface area contributed by atoms with Crippen LogP contribution in [-0.2, 0) is 0 Å². The number of non-ortho nitro benzene ring substituents is 3. The van der Waals surface area contributed by atoms with Crippen LogP contribution in [0.25, 0.3) is 22.3 Å². The molecule has 1 aliphatic carbocycles. The van der Waals surface area contributed by atoms with E-state index >= 15 is 0 Å². The molecule has 0 amide bonds. The Morgan fingerprint density at radius 2 is 1.30 bits per heavy atom. The van der Waals surface area contributed by atoms with Crippen LogP contribution < -0.4 is 5.43 Å². The van der Waals surface area contributed by atoms with Crippen molar-refractivity contribution in [3.05, 3.63) is 74.9 Å². The molecule has 0 aromatic heterocycles. The lowest BCUT2D eigenvalue weighted by atomic mass is 10.0. The number of nitro groups is 4. The molecule has 0 N–H and O–H groups in total. The van der Waals surface area contributed by atoms with Gasteiger partial charge in [0.1, 0.15) is 6.07 Å². The van der Waals surface area contributed by atoms with Crippen LogP contribution in [0.1, 0.15) is 0 Å². The average Bonchev–Trinajstić information content (AvgIpc) is 2.58. The Hall–Kier alpha value is -4.49. The summed E-state index contributed by atoms with van der Waals surface area (Å²) in [6.07, 6.45) is 0. The van der Waals surface area contributed by atoms with Crippen LogP contribution >= 0.6 is 0 Å². The third-order valence-corrected chi connectivity index (χ3v) is 3.62. The van der Waals surface area contributed by atoms with Gasteiger partial charge in [0.15, 0.2) is 0 Å². The fourth-order valence-electron chi connectivity index (χ4n) is 2.49. The van der Waals surface area contributed by atoms with Gasteiger partial charge in [-0.2, -0.15) is 0 Å². The van der Waals surface area contributed by atoms with Crippen LogP contribution in [-0.4, -0.2) is 19.7 Å². The summed E-state index contributed by atoms with van der Waals surface area (Å²) >= 11 is 0. The third kappa shape index (κ3) is 2.66. The molecule has 1 aromatic rings. The molecule has 3 rings (SSSR count). The van der Waals surface area contributed by atoms with E-state index in [9.17, 15) is 45.3 Å². The second-order valence-electron chi connectivity index (χ2n) is 5.14. The monoisotopic (exact) mass is 376 g/mol. The minimum Gasteiger partial charge on any atom is -0.441 e. The van der Waals surface area contributed by atoms with E-state index in [-0.39, 0.29) is 5.39 Å². The predicted octanol–water partition coefficient (Wildman–Crippen LogP) is 2.53. The lowest BCUT2D eigenvalue weighted by Crippen LogP contribution is -2.13. The van der Waals surface area contributed by atoms with Crippen molar-refractivity contribution in [3.8, 4) is 11.3 Å². The zero-order chi connectivity index (χ0) is 20.0. The van der Waals surface area contributed by atoms with Gasteiger partial charge < -0.3 is 4.42 Å². The minimum absolute atomic E-state index is 0.296. The van der Waals surface area contributed by atoms with Crippen LogP contribution in [0.2, 0.25) is 0 Å². The van der Waals surface area contributed by atoms with E-state index in [0.717, 1.165) is 12.1 Å². The molecule has 0 fully saturated rings. The number of benzene rings is 2. The van der Waals surface area contributed by atoms with E-state index in [4.69, 9.17) is 4.42 Å². The number of nitro benzene ring substituents is 4. The van der Waals surface area contributed by atoms with Crippen molar-refractivity contribution in [1.82, 2.24) is 0 Å². The lowest BCUT2D eigenvalue weighted by Gasteiger charge is -2.07. The molecule has 0 saturated carbocycles. The summed E-state index contributed by atoms with van der Waals surface area (Å²) in [6.45, 7) is 0. The number of hydrogen-bond acceptors (Lipinski definition) is 10. The Kier molecular flexibility index (Phi) is 3.72. The zero-order valence-electron chi connectivity index (χ0n) is 12.7. The van der Waals surface area contributed by atoms with E-state index < -0.39 is 64.8 Å². The summed E-state index contributed by atoms with van der Waals surface area (Å²) in [6, 6.07) is 2.66. The van der Waals surface area contributed by atoms with E-state index in [2.05, 4.69) is 0 Å². The Morgan fingerprint density at radius 3 is 1.81 bits per heavy atom. The lowest BCUT2D eigenvalue weighted by molar-refractivity contribution is -0.395. The second kappa shape index (κ2) is 5.80. The van der Waals surface area contributed by atoms with Crippen molar-refractivity contribution in [1.29, 1.82) is 0 Å². The number of fused-ring (bicyclic) bond motifs is 2. The molecule has 0 bridgehead atoms. The molecule has 136 valence electrons. The zero-order valence-corrected chi connectivity index (χ0v) is 12.7. The first-order valence-corrected chi connectivity index (χ1v) is 6.78. The van der Waals surface area contributed by atoms with Crippen LogP contribution in [0.4, 0.5) is 22.7 Å². The standard InChI is InChI=1S/C13H4N4O10/c18-11-7-2-5-1-6(14(19)20)3-9(16(23)24)12(5)27-13(7)10(17(25)26)4-8(11)15(21)22/h1-4H. The second-order valence-corrected chi connectivity index (χ2v) is 5.14. The van der Waals surface area contributed by atoms with Gasteiger partial charge in [-0.3, -0.25) is 45.3 Å². The maximum Gasteiger partial charge on any atom is 0.324 e. The van der Waals surface area contributed by atoms with Crippen molar-refractivity contribution < 1.29 is 24.1 Å². The molecule has 0 radical (unpaired) electrons. The molecule has 0 atom stereocenters. The van der Waals surface area contributed by atoms with Gasteiger partial charge in [-0.05, 0) is 6.07 Å². The number of hydrogen-bond donors (Lipinski definition) is 0. The first-order valence-electron chi connectivity index (χ1n) is 6.78. The smallest absolute Gasteiger partial charge is 0.324 e.